The molecule has 0 amide bonds. The van der Waals surface area contributed by atoms with E-state index in [4.69, 9.17) is 5.11 Å². The number of carbonyl (C=O) groups is 1. The summed E-state index contributed by atoms with van der Waals surface area (Å²) in [5, 5.41) is 8.14. The van der Waals surface area contributed by atoms with E-state index in [0.29, 0.717) is 6.42 Å². The summed E-state index contributed by atoms with van der Waals surface area (Å²) in [7, 11) is -3.35. The fourth-order valence-corrected chi connectivity index (χ4v) is 1.56. The Hall–Kier alpha value is -0.620. The van der Waals surface area contributed by atoms with E-state index in [1.807, 2.05) is 0 Å². The first-order chi connectivity index (χ1) is 6.31. The zero-order chi connectivity index (χ0) is 11.4. The monoisotopic (exact) mass is 223 g/mol. The van der Waals surface area contributed by atoms with Gasteiger partial charge in [0.25, 0.3) is 0 Å². The van der Waals surface area contributed by atoms with Crippen LogP contribution in [0.25, 0.3) is 0 Å². The summed E-state index contributed by atoms with van der Waals surface area (Å²) < 4.78 is 24.8. The Balaban J connectivity index is 4.24. The summed E-state index contributed by atoms with van der Waals surface area (Å²) in [6, 6.07) is 0. The van der Waals surface area contributed by atoms with Gasteiger partial charge in [-0.25, -0.2) is 13.1 Å². The van der Waals surface area contributed by atoms with E-state index in [1.165, 1.54) is 0 Å². The molecule has 1 unspecified atom stereocenters. The molecule has 0 rings (SSSR count). The Morgan fingerprint density at radius 3 is 2.21 bits per heavy atom. The van der Waals surface area contributed by atoms with Crippen molar-refractivity contribution in [2.45, 2.75) is 32.4 Å². The van der Waals surface area contributed by atoms with Gasteiger partial charge in [0.05, 0.1) is 11.2 Å². The number of carboxylic acid groups (broad SMARTS) is 1. The summed E-state index contributed by atoms with van der Waals surface area (Å²) in [6.07, 6.45) is 0.413. The molecule has 0 heterocycles. The fourth-order valence-electron chi connectivity index (χ4n) is 0.790. The molecule has 84 valence electrons. The maximum atomic E-state index is 11.3. The van der Waals surface area contributed by atoms with Crippen molar-refractivity contribution in [1.82, 2.24) is 4.72 Å². The van der Waals surface area contributed by atoms with Crippen LogP contribution in [0.1, 0.15) is 27.2 Å². The Kier molecular flexibility index (Phi) is 5.07. The van der Waals surface area contributed by atoms with Gasteiger partial charge in [0.1, 0.15) is 0 Å². The van der Waals surface area contributed by atoms with E-state index in [0.717, 1.165) is 0 Å². The average molecular weight is 223 g/mol. The van der Waals surface area contributed by atoms with Crippen molar-refractivity contribution >= 4 is 16.0 Å². The lowest BCUT2D eigenvalue weighted by Gasteiger charge is -2.13. The largest absolute Gasteiger partial charge is 0.481 e. The van der Waals surface area contributed by atoms with Crippen LogP contribution in [-0.4, -0.2) is 31.3 Å². The van der Waals surface area contributed by atoms with Crippen molar-refractivity contribution in [1.29, 1.82) is 0 Å². The first-order valence-electron chi connectivity index (χ1n) is 4.52. The summed E-state index contributed by atoms with van der Waals surface area (Å²) in [4.78, 5) is 10.6. The van der Waals surface area contributed by atoms with Gasteiger partial charge < -0.3 is 5.11 Å². The summed E-state index contributed by atoms with van der Waals surface area (Å²) in [5.74, 6) is -1.62. The predicted octanol–water partition coefficient (Wildman–Crippen LogP) is 0.425. The highest BCUT2D eigenvalue weighted by Gasteiger charge is 2.20. The Morgan fingerprint density at radius 2 is 1.93 bits per heavy atom. The molecule has 6 heteroatoms. The van der Waals surface area contributed by atoms with Gasteiger partial charge in [-0.2, -0.15) is 0 Å². The van der Waals surface area contributed by atoms with E-state index < -0.39 is 27.2 Å². The minimum Gasteiger partial charge on any atom is -0.481 e. The smallest absolute Gasteiger partial charge is 0.307 e. The molecule has 0 aromatic carbocycles. The van der Waals surface area contributed by atoms with Crippen LogP contribution in [0.15, 0.2) is 0 Å². The molecule has 14 heavy (non-hydrogen) atoms. The van der Waals surface area contributed by atoms with Gasteiger partial charge in [0.2, 0.25) is 10.0 Å². The zero-order valence-electron chi connectivity index (χ0n) is 8.65. The Bertz CT molecular complexity index is 284. The lowest BCUT2D eigenvalue weighted by atomic mass is 10.1. The van der Waals surface area contributed by atoms with E-state index in [2.05, 4.69) is 4.72 Å². The lowest BCUT2D eigenvalue weighted by molar-refractivity contribution is -0.141. The maximum Gasteiger partial charge on any atom is 0.307 e. The molecular weight excluding hydrogens is 206 g/mol. The minimum absolute atomic E-state index is 0.0354. The third-order valence-electron chi connectivity index (χ3n) is 1.99. The normalized spacial score (nSPS) is 14.3. The van der Waals surface area contributed by atoms with Crippen LogP contribution in [0.3, 0.4) is 0 Å². The molecule has 0 saturated heterocycles. The number of hydrogen-bond acceptors (Lipinski definition) is 3. The number of aliphatic carboxylic acids is 1. The molecule has 5 nitrogen and oxygen atoms in total. The zero-order valence-corrected chi connectivity index (χ0v) is 9.47. The van der Waals surface area contributed by atoms with Gasteiger partial charge in [0.15, 0.2) is 0 Å². The molecule has 0 aliphatic rings. The van der Waals surface area contributed by atoms with E-state index in [1.54, 1.807) is 20.8 Å². The van der Waals surface area contributed by atoms with Crippen molar-refractivity contribution in [2.75, 3.05) is 6.54 Å². The molecule has 1 atom stereocenters. The molecule has 0 aromatic heterocycles. The van der Waals surface area contributed by atoms with Gasteiger partial charge in [-0.3, -0.25) is 4.79 Å². The molecule has 0 spiro atoms. The second-order valence-corrected chi connectivity index (χ2v) is 5.71. The van der Waals surface area contributed by atoms with Crippen LogP contribution in [0, 0.1) is 5.92 Å². The average Bonchev–Trinajstić information content (AvgIpc) is 2.04. The second kappa shape index (κ2) is 5.31. The van der Waals surface area contributed by atoms with Crippen LogP contribution < -0.4 is 4.72 Å². The fraction of sp³-hybridized carbons (Fsp3) is 0.875. The standard InChI is InChI=1S/C8H17NO4S/c1-4-7(8(10)11)5-9-14(12,13)6(2)3/h6-7,9H,4-5H2,1-3H3,(H,10,11). The third kappa shape index (κ3) is 4.06. The molecule has 0 radical (unpaired) electrons. The first kappa shape index (κ1) is 13.4. The number of sulfonamides is 1. The molecule has 2 N–H and O–H groups in total. The van der Waals surface area contributed by atoms with Gasteiger partial charge in [-0.05, 0) is 20.3 Å². The summed E-state index contributed by atoms with van der Waals surface area (Å²) >= 11 is 0. The molecule has 0 saturated carbocycles. The number of carboxylic acids is 1. The number of rotatable bonds is 6. The maximum absolute atomic E-state index is 11.3. The molecule has 0 fully saturated rings. The van der Waals surface area contributed by atoms with Crippen molar-refractivity contribution in [2.24, 2.45) is 5.92 Å². The highest BCUT2D eigenvalue weighted by Crippen LogP contribution is 2.03. The lowest BCUT2D eigenvalue weighted by Crippen LogP contribution is -2.36. The number of nitrogens with one attached hydrogen (secondary N) is 1. The van der Waals surface area contributed by atoms with Crippen molar-refractivity contribution in [3.8, 4) is 0 Å². The van der Waals surface area contributed by atoms with E-state index in [-0.39, 0.29) is 6.54 Å². The predicted molar refractivity (Wildman–Crippen MR) is 53.5 cm³/mol. The first-order valence-corrected chi connectivity index (χ1v) is 6.07. The van der Waals surface area contributed by atoms with Gasteiger partial charge in [0, 0.05) is 6.54 Å². The van der Waals surface area contributed by atoms with Crippen LogP contribution >= 0.6 is 0 Å². The quantitative estimate of drug-likeness (QED) is 0.683. The van der Waals surface area contributed by atoms with Gasteiger partial charge in [-0.1, -0.05) is 6.92 Å². The molecular formula is C8H17NO4S. The third-order valence-corrected chi connectivity index (χ3v) is 3.80. The highest BCUT2D eigenvalue weighted by atomic mass is 32.2. The molecule has 0 aliphatic carbocycles. The minimum atomic E-state index is -3.35. The van der Waals surface area contributed by atoms with Gasteiger partial charge in [-0.15, -0.1) is 0 Å². The van der Waals surface area contributed by atoms with E-state index in [9.17, 15) is 13.2 Å². The Labute approximate surface area is 84.6 Å². The molecule has 0 bridgehead atoms. The second-order valence-electron chi connectivity index (χ2n) is 3.39. The van der Waals surface area contributed by atoms with Gasteiger partial charge >= 0.3 is 5.97 Å². The van der Waals surface area contributed by atoms with Crippen LogP contribution in [-0.2, 0) is 14.8 Å². The Morgan fingerprint density at radius 1 is 1.43 bits per heavy atom. The van der Waals surface area contributed by atoms with Crippen LogP contribution in [0.5, 0.6) is 0 Å². The van der Waals surface area contributed by atoms with Crippen molar-refractivity contribution in [3.05, 3.63) is 0 Å². The topological polar surface area (TPSA) is 83.5 Å². The SMILES string of the molecule is CCC(CNS(=O)(=O)C(C)C)C(=O)O. The van der Waals surface area contributed by atoms with Crippen LogP contribution in [0.4, 0.5) is 0 Å². The highest BCUT2D eigenvalue weighted by molar-refractivity contribution is 7.90. The van der Waals surface area contributed by atoms with E-state index >= 15 is 0 Å². The summed E-state index contributed by atoms with van der Waals surface area (Å²) in [5.41, 5.74) is 0. The van der Waals surface area contributed by atoms with Crippen LogP contribution in [0.2, 0.25) is 0 Å². The van der Waals surface area contributed by atoms with Crippen molar-refractivity contribution in [3.63, 3.8) is 0 Å². The molecule has 0 aliphatic heterocycles. The van der Waals surface area contributed by atoms with Crippen molar-refractivity contribution < 1.29 is 18.3 Å². The number of hydrogen-bond donors (Lipinski definition) is 2. The summed E-state index contributed by atoms with van der Waals surface area (Å²) in [6.45, 7) is 4.77. The molecule has 0 aromatic rings.